The number of hydrogen-bond acceptors (Lipinski definition) is 2. The lowest BCUT2D eigenvalue weighted by Gasteiger charge is -2.10. The van der Waals surface area contributed by atoms with Crippen LogP contribution in [0.3, 0.4) is 0 Å². The Morgan fingerprint density at radius 3 is 2.43 bits per heavy atom. The van der Waals surface area contributed by atoms with Crippen molar-refractivity contribution in [3.05, 3.63) is 29.3 Å². The van der Waals surface area contributed by atoms with E-state index in [4.69, 9.17) is 0 Å². The number of carbonyl (C=O) groups excluding carboxylic acids is 2. The van der Waals surface area contributed by atoms with Crippen LogP contribution in [0.5, 0.6) is 0 Å². The molecule has 1 aromatic carbocycles. The molecule has 4 heteroatoms. The molecular formula is C17H26N2O2. The van der Waals surface area contributed by atoms with Gasteiger partial charge < -0.3 is 10.6 Å². The van der Waals surface area contributed by atoms with Gasteiger partial charge in [-0.25, -0.2) is 0 Å². The van der Waals surface area contributed by atoms with E-state index in [0.29, 0.717) is 12.2 Å². The molecule has 2 N–H and O–H groups in total. The Morgan fingerprint density at radius 2 is 1.71 bits per heavy atom. The lowest BCUT2D eigenvalue weighted by Crippen LogP contribution is -2.36. The Morgan fingerprint density at radius 1 is 1.00 bits per heavy atom. The van der Waals surface area contributed by atoms with Gasteiger partial charge in [-0.3, -0.25) is 9.59 Å². The topological polar surface area (TPSA) is 58.2 Å². The van der Waals surface area contributed by atoms with Gasteiger partial charge in [-0.15, -0.1) is 0 Å². The molecular weight excluding hydrogens is 264 g/mol. The molecule has 0 bridgehead atoms. The van der Waals surface area contributed by atoms with Crippen molar-refractivity contribution in [2.45, 2.75) is 52.9 Å². The minimum absolute atomic E-state index is 0.558. The van der Waals surface area contributed by atoms with Crippen LogP contribution in [0.25, 0.3) is 0 Å². The van der Waals surface area contributed by atoms with Gasteiger partial charge in [0.05, 0.1) is 0 Å². The smallest absolute Gasteiger partial charge is 0.313 e. The van der Waals surface area contributed by atoms with Crippen molar-refractivity contribution in [2.24, 2.45) is 0 Å². The standard InChI is InChI=1S/C17H26N2O2/c1-4-5-6-7-8-12-18-16(20)17(21)19-15-11-9-10-13(2)14(15)3/h9-11H,4-8,12H2,1-3H3,(H,18,20)(H,19,21). The lowest BCUT2D eigenvalue weighted by molar-refractivity contribution is -0.136. The number of anilines is 1. The van der Waals surface area contributed by atoms with E-state index in [9.17, 15) is 9.59 Å². The summed E-state index contributed by atoms with van der Waals surface area (Å²) in [6, 6.07) is 5.64. The molecule has 0 aliphatic rings. The zero-order valence-corrected chi connectivity index (χ0v) is 13.3. The maximum atomic E-state index is 11.8. The molecule has 0 heterocycles. The Balaban J connectivity index is 2.34. The van der Waals surface area contributed by atoms with Gasteiger partial charge in [0.1, 0.15) is 0 Å². The van der Waals surface area contributed by atoms with Gasteiger partial charge in [-0.05, 0) is 37.5 Å². The number of carbonyl (C=O) groups is 2. The minimum atomic E-state index is -0.600. The molecule has 21 heavy (non-hydrogen) atoms. The van der Waals surface area contributed by atoms with Crippen molar-refractivity contribution in [1.82, 2.24) is 5.32 Å². The average molecular weight is 290 g/mol. The molecule has 0 radical (unpaired) electrons. The van der Waals surface area contributed by atoms with Crippen LogP contribution in [0, 0.1) is 13.8 Å². The number of rotatable bonds is 7. The second kappa shape index (κ2) is 9.16. The van der Waals surface area contributed by atoms with E-state index in [1.165, 1.54) is 19.3 Å². The Bertz CT molecular complexity index is 484. The minimum Gasteiger partial charge on any atom is -0.348 e. The third-order valence-corrected chi connectivity index (χ3v) is 3.62. The summed E-state index contributed by atoms with van der Waals surface area (Å²) in [4.78, 5) is 23.5. The highest BCUT2D eigenvalue weighted by Gasteiger charge is 2.14. The summed E-state index contributed by atoms with van der Waals surface area (Å²) in [6.07, 6.45) is 5.61. The highest BCUT2D eigenvalue weighted by molar-refractivity contribution is 6.39. The molecule has 1 aromatic rings. The number of aryl methyl sites for hydroxylation is 1. The van der Waals surface area contributed by atoms with E-state index >= 15 is 0 Å². The van der Waals surface area contributed by atoms with Crippen LogP contribution in [0.4, 0.5) is 5.69 Å². The van der Waals surface area contributed by atoms with Crippen LogP contribution >= 0.6 is 0 Å². The first kappa shape index (κ1) is 17.2. The fraction of sp³-hybridized carbons (Fsp3) is 0.529. The highest BCUT2D eigenvalue weighted by Crippen LogP contribution is 2.17. The molecule has 0 spiro atoms. The van der Waals surface area contributed by atoms with Crippen molar-refractivity contribution in [3.8, 4) is 0 Å². The van der Waals surface area contributed by atoms with Gasteiger partial charge in [0.2, 0.25) is 0 Å². The molecule has 0 fully saturated rings. The first-order valence-electron chi connectivity index (χ1n) is 7.71. The monoisotopic (exact) mass is 290 g/mol. The third kappa shape index (κ3) is 5.98. The predicted molar refractivity (Wildman–Crippen MR) is 86.3 cm³/mol. The molecule has 2 amide bonds. The SMILES string of the molecule is CCCCCCCNC(=O)C(=O)Nc1cccc(C)c1C. The zero-order valence-electron chi connectivity index (χ0n) is 13.3. The van der Waals surface area contributed by atoms with Crippen LogP contribution in [0.1, 0.15) is 50.2 Å². The van der Waals surface area contributed by atoms with Gasteiger partial charge in [0.15, 0.2) is 0 Å². The first-order valence-corrected chi connectivity index (χ1v) is 7.71. The van der Waals surface area contributed by atoms with Crippen LogP contribution in [-0.2, 0) is 9.59 Å². The summed E-state index contributed by atoms with van der Waals surface area (Å²) in [5.74, 6) is -1.16. The highest BCUT2D eigenvalue weighted by atomic mass is 16.2. The predicted octanol–water partition coefficient (Wildman–Crippen LogP) is 3.33. The van der Waals surface area contributed by atoms with Gasteiger partial charge in [0, 0.05) is 12.2 Å². The zero-order chi connectivity index (χ0) is 15.7. The summed E-state index contributed by atoms with van der Waals surface area (Å²) in [7, 11) is 0. The van der Waals surface area contributed by atoms with E-state index in [1.807, 2.05) is 26.0 Å². The van der Waals surface area contributed by atoms with Crippen LogP contribution in [0.2, 0.25) is 0 Å². The molecule has 0 unspecified atom stereocenters. The second-order valence-corrected chi connectivity index (χ2v) is 5.37. The summed E-state index contributed by atoms with van der Waals surface area (Å²) < 4.78 is 0. The molecule has 4 nitrogen and oxygen atoms in total. The van der Waals surface area contributed by atoms with E-state index < -0.39 is 11.8 Å². The molecule has 0 aliphatic carbocycles. The average Bonchev–Trinajstić information content (AvgIpc) is 2.47. The van der Waals surface area contributed by atoms with E-state index in [0.717, 1.165) is 24.0 Å². The molecule has 0 saturated heterocycles. The van der Waals surface area contributed by atoms with Gasteiger partial charge in [-0.2, -0.15) is 0 Å². The molecule has 0 atom stereocenters. The van der Waals surface area contributed by atoms with E-state index in [1.54, 1.807) is 6.07 Å². The molecule has 0 aliphatic heterocycles. The number of benzene rings is 1. The molecule has 0 saturated carbocycles. The van der Waals surface area contributed by atoms with E-state index in [-0.39, 0.29) is 0 Å². The normalized spacial score (nSPS) is 10.2. The number of hydrogen-bond donors (Lipinski definition) is 2. The van der Waals surface area contributed by atoms with Crippen molar-refractivity contribution in [1.29, 1.82) is 0 Å². The van der Waals surface area contributed by atoms with Crippen molar-refractivity contribution >= 4 is 17.5 Å². The van der Waals surface area contributed by atoms with E-state index in [2.05, 4.69) is 17.6 Å². The van der Waals surface area contributed by atoms with Gasteiger partial charge >= 0.3 is 11.8 Å². The maximum absolute atomic E-state index is 11.8. The summed E-state index contributed by atoms with van der Waals surface area (Å²) in [5.41, 5.74) is 2.76. The Kier molecular flexibility index (Phi) is 7.51. The maximum Gasteiger partial charge on any atom is 0.313 e. The van der Waals surface area contributed by atoms with Crippen molar-refractivity contribution in [2.75, 3.05) is 11.9 Å². The fourth-order valence-corrected chi connectivity index (χ4v) is 2.08. The number of nitrogens with one attached hydrogen (secondary N) is 2. The van der Waals surface area contributed by atoms with Crippen LogP contribution in [0.15, 0.2) is 18.2 Å². The van der Waals surface area contributed by atoms with Crippen LogP contribution < -0.4 is 10.6 Å². The Hall–Kier alpha value is -1.84. The number of unbranched alkanes of at least 4 members (excludes halogenated alkanes) is 4. The fourth-order valence-electron chi connectivity index (χ4n) is 2.08. The first-order chi connectivity index (χ1) is 10.1. The molecule has 1 rings (SSSR count). The lowest BCUT2D eigenvalue weighted by atomic mass is 10.1. The summed E-state index contributed by atoms with van der Waals surface area (Å²) in [6.45, 7) is 6.63. The van der Waals surface area contributed by atoms with Crippen molar-refractivity contribution < 1.29 is 9.59 Å². The van der Waals surface area contributed by atoms with Gasteiger partial charge in [-0.1, -0.05) is 44.7 Å². The quantitative estimate of drug-likeness (QED) is 0.598. The Labute approximate surface area is 127 Å². The largest absolute Gasteiger partial charge is 0.348 e. The van der Waals surface area contributed by atoms with Crippen LogP contribution in [-0.4, -0.2) is 18.4 Å². The van der Waals surface area contributed by atoms with Gasteiger partial charge in [0.25, 0.3) is 0 Å². The van der Waals surface area contributed by atoms with Crippen molar-refractivity contribution in [3.63, 3.8) is 0 Å². The summed E-state index contributed by atoms with van der Waals surface area (Å²) >= 11 is 0. The second-order valence-electron chi connectivity index (χ2n) is 5.37. The molecule has 116 valence electrons. The summed E-state index contributed by atoms with van der Waals surface area (Å²) in [5, 5.41) is 5.32. The third-order valence-electron chi connectivity index (χ3n) is 3.62. The molecule has 0 aromatic heterocycles. The number of amides is 2.